The maximum atomic E-state index is 12.6. The molecule has 174 valence electrons. The Morgan fingerprint density at radius 3 is 2.47 bits per heavy atom. The Balaban J connectivity index is 1.84. The van der Waals surface area contributed by atoms with Gasteiger partial charge in [0.15, 0.2) is 5.78 Å². The van der Waals surface area contributed by atoms with E-state index in [0.717, 1.165) is 17.3 Å². The van der Waals surface area contributed by atoms with E-state index in [1.807, 2.05) is 0 Å². The molecule has 0 aromatic heterocycles. The first-order valence-electron chi connectivity index (χ1n) is 10.2. The smallest absolute Gasteiger partial charge is 0.269 e. The predicted octanol–water partition coefficient (Wildman–Crippen LogP) is 5.21. The van der Waals surface area contributed by atoms with Gasteiger partial charge in [0.05, 0.1) is 33.3 Å². The molecule has 1 aliphatic rings. The number of nitriles is 1. The number of nitro groups is 1. The summed E-state index contributed by atoms with van der Waals surface area (Å²) in [4.78, 5) is 35.4. The Hall–Kier alpha value is -3.61. The number of carbonyl (C=O) groups is 2. The third kappa shape index (κ3) is 5.47. The number of aryl methyl sites for hydroxylation is 1. The van der Waals surface area contributed by atoms with Gasteiger partial charge in [-0.3, -0.25) is 19.7 Å². The third-order valence-corrected chi connectivity index (χ3v) is 6.54. The number of nitro benzene ring substituents is 1. The van der Waals surface area contributed by atoms with Crippen LogP contribution in [0, 0.1) is 28.4 Å². The number of rotatable bonds is 7. The summed E-state index contributed by atoms with van der Waals surface area (Å²) < 4.78 is 0. The molecule has 34 heavy (non-hydrogen) atoms. The lowest BCUT2D eigenvalue weighted by atomic mass is 9.81. The molecule has 0 bridgehead atoms. The molecule has 1 amide bonds. The van der Waals surface area contributed by atoms with Crippen LogP contribution in [0.4, 0.5) is 11.4 Å². The first kappa shape index (κ1) is 25.0. The highest BCUT2D eigenvalue weighted by molar-refractivity contribution is 8.03. The van der Waals surface area contributed by atoms with Gasteiger partial charge >= 0.3 is 0 Å². The zero-order valence-corrected chi connectivity index (χ0v) is 20.2. The molecular formula is C24H21ClN4O4S. The number of allylic oxidation sites excluding steroid dienone is 3. The van der Waals surface area contributed by atoms with Crippen LogP contribution in [-0.4, -0.2) is 22.4 Å². The van der Waals surface area contributed by atoms with Gasteiger partial charge < -0.3 is 10.6 Å². The molecule has 2 N–H and O–H groups in total. The van der Waals surface area contributed by atoms with E-state index in [4.69, 9.17) is 11.6 Å². The molecule has 0 saturated heterocycles. The third-order valence-electron chi connectivity index (χ3n) is 5.27. The number of dihydropyridines is 1. The maximum absolute atomic E-state index is 12.6. The fourth-order valence-electron chi connectivity index (χ4n) is 3.71. The topological polar surface area (TPSA) is 125 Å². The van der Waals surface area contributed by atoms with Crippen molar-refractivity contribution in [1.82, 2.24) is 5.32 Å². The fraction of sp³-hybridized carbons (Fsp3) is 0.208. The number of hydrogen-bond acceptors (Lipinski definition) is 7. The van der Waals surface area contributed by atoms with Crippen LogP contribution in [0.25, 0.3) is 0 Å². The number of nitrogens with one attached hydrogen (secondary N) is 2. The Bertz CT molecular complexity index is 1280. The number of halogens is 1. The van der Waals surface area contributed by atoms with E-state index in [1.165, 1.54) is 25.1 Å². The lowest BCUT2D eigenvalue weighted by Crippen LogP contribution is -2.27. The normalized spacial score (nSPS) is 15.4. The van der Waals surface area contributed by atoms with Crippen molar-refractivity contribution in [2.75, 3.05) is 11.1 Å². The highest BCUT2D eigenvalue weighted by Crippen LogP contribution is 2.41. The van der Waals surface area contributed by atoms with Crippen molar-refractivity contribution in [3.05, 3.63) is 90.6 Å². The molecule has 2 aromatic rings. The number of hydrogen-bond donors (Lipinski definition) is 2. The minimum absolute atomic E-state index is 0.0139. The Morgan fingerprint density at radius 2 is 1.91 bits per heavy atom. The van der Waals surface area contributed by atoms with Crippen molar-refractivity contribution < 1.29 is 14.5 Å². The summed E-state index contributed by atoms with van der Waals surface area (Å²) in [5.41, 5.74) is 3.15. The zero-order chi connectivity index (χ0) is 25.0. The first-order chi connectivity index (χ1) is 16.1. The van der Waals surface area contributed by atoms with Gasteiger partial charge in [-0.25, -0.2) is 0 Å². The molecule has 10 heteroatoms. The zero-order valence-electron chi connectivity index (χ0n) is 18.6. The number of benzene rings is 2. The van der Waals surface area contributed by atoms with E-state index < -0.39 is 10.8 Å². The van der Waals surface area contributed by atoms with E-state index in [1.54, 1.807) is 38.1 Å². The van der Waals surface area contributed by atoms with Crippen molar-refractivity contribution in [3.8, 4) is 6.07 Å². The molecule has 0 radical (unpaired) electrons. The fourth-order valence-corrected chi connectivity index (χ4v) is 4.73. The van der Waals surface area contributed by atoms with Gasteiger partial charge in [0, 0.05) is 34.1 Å². The van der Waals surface area contributed by atoms with Gasteiger partial charge in [-0.15, -0.1) is 0 Å². The Kier molecular flexibility index (Phi) is 7.76. The van der Waals surface area contributed by atoms with Crippen LogP contribution in [0.5, 0.6) is 0 Å². The standard InChI is InChI=1S/C24H21ClN4O4S/c1-13-10-18(29(32)33)8-9-20(13)28-21(31)12-34-24-19(11-26)23(16-4-6-17(25)7-5-16)22(15(3)30)14(2)27-24/h4-10,23,27H,12H2,1-3H3,(H,28,31). The lowest BCUT2D eigenvalue weighted by molar-refractivity contribution is -0.384. The van der Waals surface area contributed by atoms with Crippen LogP contribution < -0.4 is 10.6 Å². The van der Waals surface area contributed by atoms with Gasteiger partial charge in [-0.05, 0) is 50.1 Å². The largest absolute Gasteiger partial charge is 0.353 e. The molecule has 8 nitrogen and oxygen atoms in total. The van der Waals surface area contributed by atoms with Crippen LogP contribution in [-0.2, 0) is 9.59 Å². The molecule has 3 rings (SSSR count). The van der Waals surface area contributed by atoms with E-state index in [2.05, 4.69) is 16.7 Å². The minimum atomic E-state index is -0.580. The summed E-state index contributed by atoms with van der Waals surface area (Å²) in [5, 5.41) is 27.7. The second kappa shape index (κ2) is 10.5. The second-order valence-corrected chi connectivity index (χ2v) is 9.07. The molecule has 2 aromatic carbocycles. The summed E-state index contributed by atoms with van der Waals surface area (Å²) in [7, 11) is 0. The molecule has 0 spiro atoms. The molecule has 0 saturated carbocycles. The molecule has 0 fully saturated rings. The summed E-state index contributed by atoms with van der Waals surface area (Å²) >= 11 is 7.16. The number of anilines is 1. The summed E-state index contributed by atoms with van der Waals surface area (Å²) in [6.07, 6.45) is 0. The van der Waals surface area contributed by atoms with E-state index in [0.29, 0.717) is 38.1 Å². The quantitative estimate of drug-likeness (QED) is 0.398. The van der Waals surface area contributed by atoms with Crippen molar-refractivity contribution in [1.29, 1.82) is 5.26 Å². The van der Waals surface area contributed by atoms with Crippen molar-refractivity contribution in [2.45, 2.75) is 26.7 Å². The first-order valence-corrected chi connectivity index (χ1v) is 11.5. The average Bonchev–Trinajstić information content (AvgIpc) is 2.78. The van der Waals surface area contributed by atoms with E-state index >= 15 is 0 Å². The van der Waals surface area contributed by atoms with E-state index in [-0.39, 0.29) is 23.1 Å². The van der Waals surface area contributed by atoms with Gasteiger partial charge in [0.25, 0.3) is 5.69 Å². The maximum Gasteiger partial charge on any atom is 0.269 e. The van der Waals surface area contributed by atoms with Crippen LogP contribution in [0.3, 0.4) is 0 Å². The van der Waals surface area contributed by atoms with Gasteiger partial charge in [0.1, 0.15) is 0 Å². The number of carbonyl (C=O) groups excluding carboxylic acids is 2. The average molecular weight is 497 g/mol. The van der Waals surface area contributed by atoms with Crippen LogP contribution in [0.15, 0.2) is 64.3 Å². The highest BCUT2D eigenvalue weighted by atomic mass is 35.5. The molecular weight excluding hydrogens is 476 g/mol. The SMILES string of the molecule is CC(=O)C1=C(C)NC(SCC(=O)Nc2ccc([N+](=O)[O-])cc2C)=C(C#N)C1c1ccc(Cl)cc1. The van der Waals surface area contributed by atoms with Crippen LogP contribution in [0.2, 0.25) is 5.02 Å². The Labute approximate surface area is 205 Å². The highest BCUT2D eigenvalue weighted by Gasteiger charge is 2.33. The molecule has 0 aliphatic carbocycles. The minimum Gasteiger partial charge on any atom is -0.353 e. The Morgan fingerprint density at radius 1 is 1.24 bits per heavy atom. The van der Waals surface area contributed by atoms with E-state index in [9.17, 15) is 25.0 Å². The van der Waals surface area contributed by atoms with Crippen LogP contribution >= 0.6 is 23.4 Å². The number of non-ortho nitro benzene ring substituents is 1. The summed E-state index contributed by atoms with van der Waals surface area (Å²) in [6, 6.07) is 13.4. The second-order valence-electron chi connectivity index (χ2n) is 7.65. The van der Waals surface area contributed by atoms with Gasteiger partial charge in [-0.2, -0.15) is 5.26 Å². The number of nitrogens with zero attached hydrogens (tertiary/aromatic N) is 2. The van der Waals surface area contributed by atoms with Crippen molar-refractivity contribution in [3.63, 3.8) is 0 Å². The molecule has 1 aliphatic heterocycles. The predicted molar refractivity (Wildman–Crippen MR) is 132 cm³/mol. The number of ketones is 1. The van der Waals surface area contributed by atoms with Crippen LogP contribution in [0.1, 0.15) is 30.9 Å². The van der Waals surface area contributed by atoms with Gasteiger partial charge in [0.2, 0.25) is 5.91 Å². The lowest BCUT2D eigenvalue weighted by Gasteiger charge is -2.29. The number of Topliss-reactive ketones (excluding diaryl/α,β-unsaturated/α-hetero) is 1. The van der Waals surface area contributed by atoms with Crippen molar-refractivity contribution in [2.24, 2.45) is 0 Å². The molecule has 1 atom stereocenters. The summed E-state index contributed by atoms with van der Waals surface area (Å²) in [5.74, 6) is -1.09. The van der Waals surface area contributed by atoms with Gasteiger partial charge in [-0.1, -0.05) is 35.5 Å². The number of amides is 1. The summed E-state index contributed by atoms with van der Waals surface area (Å²) in [6.45, 7) is 4.88. The number of thioether (sulfide) groups is 1. The van der Waals surface area contributed by atoms with Crippen molar-refractivity contribution >= 4 is 46.4 Å². The molecule has 1 heterocycles. The molecule has 1 unspecified atom stereocenters. The monoisotopic (exact) mass is 496 g/mol.